The van der Waals surface area contributed by atoms with E-state index in [1.165, 1.54) is 40.7 Å². The molecule has 0 amide bonds. The van der Waals surface area contributed by atoms with E-state index in [4.69, 9.17) is 14.5 Å². The average molecular weight is 745 g/mol. The van der Waals surface area contributed by atoms with Crippen LogP contribution in [0.15, 0.2) is 77.0 Å². The summed E-state index contributed by atoms with van der Waals surface area (Å²) in [6.07, 6.45) is 3.07. The van der Waals surface area contributed by atoms with Gasteiger partial charge < -0.3 is 5.11 Å². The van der Waals surface area contributed by atoms with Crippen molar-refractivity contribution in [3.63, 3.8) is 0 Å². The van der Waals surface area contributed by atoms with Crippen molar-refractivity contribution in [2.45, 2.75) is 50.9 Å². The summed E-state index contributed by atoms with van der Waals surface area (Å²) in [5.74, 6) is 7.58. The first-order valence-corrected chi connectivity index (χ1v) is 20.0. The summed E-state index contributed by atoms with van der Waals surface area (Å²) in [7, 11) is 0. The van der Waals surface area contributed by atoms with Crippen molar-refractivity contribution in [2.24, 2.45) is 0 Å². The van der Waals surface area contributed by atoms with Gasteiger partial charge in [0.05, 0.1) is 5.76 Å². The van der Waals surface area contributed by atoms with Gasteiger partial charge in [0, 0.05) is 26.2 Å². The third-order valence-electron chi connectivity index (χ3n) is 6.32. The van der Waals surface area contributed by atoms with Gasteiger partial charge in [-0.15, -0.1) is 0 Å². The Hall–Kier alpha value is -2.73. The van der Waals surface area contributed by atoms with Crippen molar-refractivity contribution in [2.75, 3.05) is 0 Å². The number of carbonyl (C=O) groups is 1. The molecule has 38 heavy (non-hydrogen) atoms. The van der Waals surface area contributed by atoms with Crippen LogP contribution in [0.4, 0.5) is 0 Å². The smallest absolute Gasteiger partial charge is 0 e. The van der Waals surface area contributed by atoms with Gasteiger partial charge in [0.15, 0.2) is 5.78 Å². The molecule has 0 spiro atoms. The molecule has 2 aromatic heterocycles. The molecule has 0 aliphatic rings. The Kier molecular flexibility index (Phi) is 9.40. The van der Waals surface area contributed by atoms with Crippen molar-refractivity contribution < 1.29 is 34.4 Å². The zero-order valence-electron chi connectivity index (χ0n) is 23.0. The Balaban J connectivity index is 0.000000444. The van der Waals surface area contributed by atoms with Crippen LogP contribution < -0.4 is 4.40 Å². The maximum atomic E-state index is 10.0. The van der Waals surface area contributed by atoms with Crippen LogP contribution in [0, 0.1) is 6.07 Å². The van der Waals surface area contributed by atoms with Crippen molar-refractivity contribution in [1.82, 2.24) is 4.98 Å². The van der Waals surface area contributed by atoms with E-state index in [9.17, 15) is 4.79 Å². The molecule has 2 heterocycles. The Morgan fingerprint density at radius 2 is 1.63 bits per heavy atom. The van der Waals surface area contributed by atoms with Gasteiger partial charge in [-0.05, 0) is 13.8 Å². The monoisotopic (exact) mass is 747 g/mol. The molecule has 0 fully saturated rings. The summed E-state index contributed by atoms with van der Waals surface area (Å²) in [6.45, 7) is 7.33. The van der Waals surface area contributed by atoms with E-state index in [1.807, 2.05) is 6.20 Å². The fourth-order valence-corrected chi connectivity index (χ4v) is 7.73. The molecule has 0 aliphatic carbocycles. The van der Waals surface area contributed by atoms with Gasteiger partial charge in [-0.2, -0.15) is 0 Å². The summed E-state index contributed by atoms with van der Waals surface area (Å²) in [4.78, 5) is 14.8. The minimum Gasteiger partial charge on any atom is 0 e. The number of pyridine rings is 1. The Morgan fingerprint density at radius 1 is 0.974 bits per heavy atom. The number of aromatic nitrogens is 1. The van der Waals surface area contributed by atoms with Crippen LogP contribution in [-0.4, -0.2) is 29.1 Å². The summed E-state index contributed by atoms with van der Waals surface area (Å²) in [5.41, 5.74) is 5.11. The van der Waals surface area contributed by atoms with Crippen LogP contribution >= 0.6 is 0 Å². The van der Waals surface area contributed by atoms with Crippen LogP contribution in [0.2, 0.25) is 17.3 Å². The third kappa shape index (κ3) is 6.28. The van der Waals surface area contributed by atoms with Gasteiger partial charge in [-0.1, -0.05) is 0 Å². The van der Waals surface area contributed by atoms with Crippen LogP contribution in [0.25, 0.3) is 44.0 Å². The van der Waals surface area contributed by atoms with E-state index in [2.05, 4.69) is 91.8 Å². The van der Waals surface area contributed by atoms with Crippen LogP contribution in [0.3, 0.4) is 0 Å². The van der Waals surface area contributed by atoms with Gasteiger partial charge in [0.1, 0.15) is 0 Å². The number of hydrogen-bond acceptors (Lipinski definition) is 4. The molecule has 5 rings (SSSR count). The molecule has 1 radical (unpaired) electrons. The number of furan rings is 1. The van der Waals surface area contributed by atoms with Crippen molar-refractivity contribution >= 4 is 56.2 Å². The van der Waals surface area contributed by atoms with Gasteiger partial charge in [0.2, 0.25) is 0 Å². The first-order chi connectivity index (χ1) is 17.5. The maximum Gasteiger partial charge on any atom is 0 e. The van der Waals surface area contributed by atoms with Crippen molar-refractivity contribution in [3.05, 3.63) is 84.3 Å². The quantitative estimate of drug-likeness (QED) is 0.0871. The number of para-hydroxylation sites is 1. The topological polar surface area (TPSA) is 63.3 Å². The summed E-state index contributed by atoms with van der Waals surface area (Å²) < 4.78 is 7.98. The van der Waals surface area contributed by atoms with E-state index in [1.54, 1.807) is 0 Å². The van der Waals surface area contributed by atoms with Crippen LogP contribution in [-0.2, 0) is 24.9 Å². The zero-order chi connectivity index (χ0) is 26.9. The third-order valence-corrected chi connectivity index (χ3v) is 10.5. The minimum atomic E-state index is -2.08. The fourth-order valence-electron chi connectivity index (χ4n) is 4.66. The van der Waals surface area contributed by atoms with Gasteiger partial charge in [0.25, 0.3) is 0 Å². The largest absolute Gasteiger partial charge is 0 e. The Bertz CT molecular complexity index is 1640. The number of aliphatic hydroxyl groups is 1. The first-order valence-electron chi connectivity index (χ1n) is 12.6. The molecule has 0 atom stereocenters. The van der Waals surface area contributed by atoms with Crippen molar-refractivity contribution in [1.29, 1.82) is 0 Å². The minimum absolute atomic E-state index is 0. The van der Waals surface area contributed by atoms with Crippen LogP contribution in [0.1, 0.15) is 39.2 Å². The van der Waals surface area contributed by atoms with E-state index < -0.39 is 13.3 Å². The second-order valence-electron chi connectivity index (χ2n) is 10.8. The molecule has 3 aromatic carbocycles. The number of rotatable bonds is 4. The summed E-state index contributed by atoms with van der Waals surface area (Å²) in [6, 6.07) is 23.0. The average Bonchev–Trinajstić information content (AvgIpc) is 3.21. The zero-order valence-corrected chi connectivity index (χ0v) is 27.5. The molecule has 0 bridgehead atoms. The molecule has 0 saturated heterocycles. The predicted molar refractivity (Wildman–Crippen MR) is 157 cm³/mol. The van der Waals surface area contributed by atoms with E-state index >= 15 is 0 Å². The first kappa shape index (κ1) is 29.8. The number of hydrogen-bond donors (Lipinski definition) is 1. The number of aliphatic hydroxyl groups excluding tert-OH is 1. The van der Waals surface area contributed by atoms with Crippen LogP contribution in [0.5, 0.6) is 0 Å². The van der Waals surface area contributed by atoms with E-state index in [-0.39, 0.29) is 31.6 Å². The molecule has 5 aromatic rings. The SMILES string of the molecule is CC(=O)/C=C(/C)O.CC(C)c1cc(-c2nccc3c2oc2[c]([Ge]([CH3])([CH3])[CH3])cccc23)[c-]c2ccccc12.[Ir]. The molecule has 0 unspecified atom stereocenters. The van der Waals surface area contributed by atoms with E-state index in [0.717, 1.165) is 33.2 Å². The fraction of sp³-hybridized carbons (Fsp3) is 0.250. The number of carbonyl (C=O) groups excluding carboxylic acids is 1. The Morgan fingerprint density at radius 3 is 2.24 bits per heavy atom. The number of allylic oxidation sites excluding steroid dienone is 2. The maximum absolute atomic E-state index is 10.0. The van der Waals surface area contributed by atoms with E-state index in [0.29, 0.717) is 5.92 Å². The number of ketones is 1. The molecular weight excluding hydrogens is 711 g/mol. The van der Waals surface area contributed by atoms with Crippen molar-refractivity contribution in [3.8, 4) is 11.3 Å². The predicted octanol–water partition coefficient (Wildman–Crippen LogP) is 8.30. The molecule has 4 nitrogen and oxygen atoms in total. The summed E-state index contributed by atoms with van der Waals surface area (Å²) >= 11 is -2.08. The van der Waals surface area contributed by atoms with Gasteiger partial charge in [-0.3, -0.25) is 4.79 Å². The summed E-state index contributed by atoms with van der Waals surface area (Å²) in [5, 5.41) is 13.1. The molecule has 0 saturated carbocycles. The molecule has 199 valence electrons. The molecular formula is C32H34GeIrNO3-. The molecule has 6 heteroatoms. The van der Waals surface area contributed by atoms with Gasteiger partial charge in [-0.25, -0.2) is 0 Å². The Labute approximate surface area is 240 Å². The number of benzene rings is 3. The van der Waals surface area contributed by atoms with Gasteiger partial charge >= 0.3 is 180 Å². The normalized spacial score (nSPS) is 11.9. The number of fused-ring (bicyclic) bond motifs is 4. The second-order valence-corrected chi connectivity index (χ2v) is 21.4. The standard InChI is InChI=1S/C27H26GeNO.C5H8O2.Ir/c1-17(2)23-16-19(15-18-9-6-7-10-20(18)23)25-27-22(13-14-29-25)21-11-8-12-24(26(21)30-27)28(3,4)5;1-4(6)3-5(2)7;/h6-14,16-17H,1-5H3;3,6H,1-2H3;/q-1;;/b;4-3-;. The number of nitrogens with zero attached hydrogens (tertiary/aromatic N) is 1. The molecule has 0 aliphatic heterocycles. The second kappa shape index (κ2) is 12.0. The molecule has 1 N–H and O–H groups in total.